The summed E-state index contributed by atoms with van der Waals surface area (Å²) in [5.74, 6) is 1.39. The number of carbonyl (C=O) groups is 1. The average molecular weight is 377 g/mol. The summed E-state index contributed by atoms with van der Waals surface area (Å²) in [6.45, 7) is 2.21. The van der Waals surface area contributed by atoms with Crippen molar-refractivity contribution in [3.8, 4) is 5.75 Å². The van der Waals surface area contributed by atoms with Crippen molar-refractivity contribution < 1.29 is 22.4 Å². The molecule has 0 bridgehead atoms. The van der Waals surface area contributed by atoms with Crippen LogP contribution in [-0.4, -0.2) is 43.9 Å². The molecule has 6 nitrogen and oxygen atoms in total. The van der Waals surface area contributed by atoms with Crippen LogP contribution in [0.3, 0.4) is 0 Å². The largest absolute Gasteiger partial charge is 0.496 e. The molecule has 2 aromatic rings. The number of rotatable bonds is 6. The number of hydrogen-bond acceptors (Lipinski definition) is 5. The summed E-state index contributed by atoms with van der Waals surface area (Å²) in [4.78, 5) is 14.6. The fourth-order valence-electron chi connectivity index (χ4n) is 3.26. The van der Waals surface area contributed by atoms with Gasteiger partial charge in [-0.2, -0.15) is 0 Å². The normalized spacial score (nSPS) is 18.6. The highest BCUT2D eigenvalue weighted by atomic mass is 32.2. The van der Waals surface area contributed by atoms with E-state index in [1.54, 1.807) is 30.4 Å². The second-order valence-electron chi connectivity index (χ2n) is 6.64. The van der Waals surface area contributed by atoms with Crippen molar-refractivity contribution in [2.24, 2.45) is 0 Å². The van der Waals surface area contributed by atoms with Gasteiger partial charge in [-0.15, -0.1) is 0 Å². The van der Waals surface area contributed by atoms with Gasteiger partial charge in [0, 0.05) is 6.04 Å². The average Bonchev–Trinajstić information content (AvgIpc) is 3.23. The predicted octanol–water partition coefficient (Wildman–Crippen LogP) is 2.36. The highest BCUT2D eigenvalue weighted by Gasteiger charge is 2.35. The zero-order valence-corrected chi connectivity index (χ0v) is 15.8. The van der Waals surface area contributed by atoms with Gasteiger partial charge in [-0.3, -0.25) is 4.79 Å². The highest BCUT2D eigenvalue weighted by molar-refractivity contribution is 7.91. The van der Waals surface area contributed by atoms with E-state index < -0.39 is 9.84 Å². The summed E-state index contributed by atoms with van der Waals surface area (Å²) >= 11 is 0. The number of ether oxygens (including phenoxy) is 1. The van der Waals surface area contributed by atoms with Gasteiger partial charge < -0.3 is 14.1 Å². The summed E-state index contributed by atoms with van der Waals surface area (Å²) in [6.07, 6.45) is 2.20. The molecular formula is C19H23NO5S. The molecule has 3 rings (SSSR count). The molecule has 0 saturated carbocycles. The molecule has 0 radical (unpaired) electrons. The number of benzene rings is 1. The number of hydrogen-bond donors (Lipinski definition) is 0. The van der Waals surface area contributed by atoms with Crippen LogP contribution in [0.25, 0.3) is 0 Å². The van der Waals surface area contributed by atoms with Crippen LogP contribution in [0, 0.1) is 6.92 Å². The second-order valence-corrected chi connectivity index (χ2v) is 8.87. The quantitative estimate of drug-likeness (QED) is 0.772. The molecule has 1 aliphatic rings. The van der Waals surface area contributed by atoms with Gasteiger partial charge in [0.1, 0.15) is 11.5 Å². The maximum atomic E-state index is 13.0. The van der Waals surface area contributed by atoms with Crippen molar-refractivity contribution in [3.05, 3.63) is 53.5 Å². The highest BCUT2D eigenvalue weighted by Crippen LogP contribution is 2.23. The van der Waals surface area contributed by atoms with Crippen LogP contribution in [0.1, 0.15) is 23.3 Å². The van der Waals surface area contributed by atoms with Crippen LogP contribution < -0.4 is 4.74 Å². The molecule has 1 aliphatic heterocycles. The lowest BCUT2D eigenvalue weighted by molar-refractivity contribution is -0.133. The molecule has 1 fully saturated rings. The van der Waals surface area contributed by atoms with E-state index in [2.05, 4.69) is 0 Å². The minimum absolute atomic E-state index is 0.0106. The first-order valence-corrected chi connectivity index (χ1v) is 10.4. The van der Waals surface area contributed by atoms with Crippen molar-refractivity contribution >= 4 is 15.7 Å². The lowest BCUT2D eigenvalue weighted by Gasteiger charge is -2.27. The van der Waals surface area contributed by atoms with Crippen molar-refractivity contribution in [1.29, 1.82) is 0 Å². The third-order valence-electron chi connectivity index (χ3n) is 4.70. The monoisotopic (exact) mass is 377 g/mol. The number of nitrogens with zero attached hydrogens (tertiary/aromatic N) is 1. The zero-order valence-electron chi connectivity index (χ0n) is 15.0. The molecule has 7 heteroatoms. The van der Waals surface area contributed by atoms with Gasteiger partial charge >= 0.3 is 0 Å². The minimum atomic E-state index is -3.09. The molecule has 0 aliphatic carbocycles. The fourth-order valence-corrected chi connectivity index (χ4v) is 4.99. The van der Waals surface area contributed by atoms with Crippen molar-refractivity contribution in [3.63, 3.8) is 0 Å². The number of methoxy groups -OCH3 is 1. The molecule has 26 heavy (non-hydrogen) atoms. The van der Waals surface area contributed by atoms with E-state index in [0.717, 1.165) is 16.9 Å². The van der Waals surface area contributed by atoms with Crippen LogP contribution in [0.4, 0.5) is 0 Å². The second kappa shape index (κ2) is 7.53. The number of aryl methyl sites for hydroxylation is 1. The Hall–Kier alpha value is -2.28. The van der Waals surface area contributed by atoms with Crippen molar-refractivity contribution in [1.82, 2.24) is 4.90 Å². The Kier molecular flexibility index (Phi) is 5.36. The standard InChI is InChI=1S/C19H23NO5S/c1-14-5-6-15(10-18(14)24-2)11-19(21)20(12-17-4-3-8-25-17)16-7-9-26(22,23)13-16/h3-6,8,10,16H,7,9,11-13H2,1-2H3/t16-/m0/s1. The summed E-state index contributed by atoms with van der Waals surface area (Å²) < 4.78 is 34.4. The maximum absolute atomic E-state index is 13.0. The molecule has 0 unspecified atom stereocenters. The maximum Gasteiger partial charge on any atom is 0.227 e. The van der Waals surface area contributed by atoms with Gasteiger partial charge in [0.25, 0.3) is 0 Å². The lowest BCUT2D eigenvalue weighted by atomic mass is 10.1. The van der Waals surface area contributed by atoms with E-state index in [1.807, 2.05) is 25.1 Å². The molecule has 1 atom stereocenters. The number of furan rings is 1. The van der Waals surface area contributed by atoms with Crippen LogP contribution in [0.2, 0.25) is 0 Å². The Labute approximate surface area is 153 Å². The van der Waals surface area contributed by atoms with Gasteiger partial charge in [0.15, 0.2) is 9.84 Å². The molecule has 1 aromatic heterocycles. The van der Waals surface area contributed by atoms with Crippen LogP contribution in [0.15, 0.2) is 41.0 Å². The summed E-state index contributed by atoms with van der Waals surface area (Å²) in [5.41, 5.74) is 1.83. The Morgan fingerprint density at radius 3 is 2.77 bits per heavy atom. The lowest BCUT2D eigenvalue weighted by Crippen LogP contribution is -2.41. The van der Waals surface area contributed by atoms with E-state index in [1.165, 1.54) is 0 Å². The minimum Gasteiger partial charge on any atom is -0.496 e. The Morgan fingerprint density at radius 2 is 2.15 bits per heavy atom. The van der Waals surface area contributed by atoms with Gasteiger partial charge in [-0.05, 0) is 42.7 Å². The zero-order chi connectivity index (χ0) is 18.7. The van der Waals surface area contributed by atoms with Gasteiger partial charge in [0.05, 0.1) is 37.8 Å². The van der Waals surface area contributed by atoms with E-state index in [4.69, 9.17) is 9.15 Å². The molecule has 140 valence electrons. The molecule has 2 heterocycles. The van der Waals surface area contributed by atoms with Gasteiger partial charge in [-0.1, -0.05) is 12.1 Å². The van der Waals surface area contributed by atoms with Crippen LogP contribution >= 0.6 is 0 Å². The van der Waals surface area contributed by atoms with E-state index in [9.17, 15) is 13.2 Å². The SMILES string of the molecule is COc1cc(CC(=O)N(Cc2ccco2)[C@H]2CCS(=O)(=O)C2)ccc1C. The topological polar surface area (TPSA) is 76.8 Å². The first-order chi connectivity index (χ1) is 12.4. The van der Waals surface area contributed by atoms with Crippen LogP contribution in [-0.2, 0) is 27.6 Å². The molecule has 1 saturated heterocycles. The first-order valence-electron chi connectivity index (χ1n) is 8.54. The van der Waals surface area contributed by atoms with E-state index in [0.29, 0.717) is 12.2 Å². The molecular weight excluding hydrogens is 354 g/mol. The smallest absolute Gasteiger partial charge is 0.227 e. The van der Waals surface area contributed by atoms with E-state index >= 15 is 0 Å². The summed E-state index contributed by atoms with van der Waals surface area (Å²) in [5, 5.41) is 0. The molecule has 0 spiro atoms. The third kappa shape index (κ3) is 4.27. The molecule has 1 amide bonds. The summed E-state index contributed by atoms with van der Waals surface area (Å²) in [6, 6.07) is 8.89. The van der Waals surface area contributed by atoms with Crippen molar-refractivity contribution in [2.45, 2.75) is 32.4 Å². The van der Waals surface area contributed by atoms with Gasteiger partial charge in [0.2, 0.25) is 5.91 Å². The Morgan fingerprint density at radius 1 is 1.35 bits per heavy atom. The molecule has 1 aromatic carbocycles. The number of carbonyl (C=O) groups excluding carboxylic acids is 1. The van der Waals surface area contributed by atoms with Crippen molar-refractivity contribution in [2.75, 3.05) is 18.6 Å². The Balaban J connectivity index is 1.80. The van der Waals surface area contributed by atoms with Crippen LogP contribution in [0.5, 0.6) is 5.75 Å². The Bertz CT molecular complexity index is 873. The fraction of sp³-hybridized carbons (Fsp3) is 0.421. The summed E-state index contributed by atoms with van der Waals surface area (Å²) in [7, 11) is -1.49. The third-order valence-corrected chi connectivity index (χ3v) is 6.45. The predicted molar refractivity (Wildman–Crippen MR) is 97.8 cm³/mol. The molecule has 0 N–H and O–H groups in total. The number of sulfone groups is 1. The first kappa shape index (κ1) is 18.5. The van der Waals surface area contributed by atoms with E-state index in [-0.39, 0.29) is 36.4 Å². The number of amides is 1. The van der Waals surface area contributed by atoms with Gasteiger partial charge in [-0.25, -0.2) is 8.42 Å².